The standard InChI is InChI=1S/C28H42Cl2N2O4S/c1-15-9-8-10-27(7)21(28(27,29)30)12-20(16(2)11-19-14-37-18(4)31-19)32-23(34)13-22(33)26(5,6)25(36)17(3)24(15)35/h11,14-15,17,20-22,24,33,35H,8-10,12-13H2,1-7H3,(H,32,34)/t15?,17?,20?,21-,22?,24?,27?/m0/s1. The Kier molecular flexibility index (Phi) is 9.28. The topological polar surface area (TPSA) is 99.5 Å². The number of thiazole rings is 1. The molecule has 7 atom stereocenters. The molecule has 2 fully saturated rings. The zero-order chi connectivity index (χ0) is 27.9. The average molecular weight is 574 g/mol. The number of fused-ring (bicyclic) bond motifs is 1. The maximum absolute atomic E-state index is 13.3. The zero-order valence-electron chi connectivity index (χ0n) is 23.0. The summed E-state index contributed by atoms with van der Waals surface area (Å²) >= 11 is 15.2. The summed E-state index contributed by atoms with van der Waals surface area (Å²) in [7, 11) is 0. The molecule has 1 saturated carbocycles. The molecule has 0 spiro atoms. The number of ketones is 1. The molecular formula is C28H42Cl2N2O4S. The zero-order valence-corrected chi connectivity index (χ0v) is 25.3. The van der Waals surface area contributed by atoms with Gasteiger partial charge in [0.1, 0.15) is 10.1 Å². The van der Waals surface area contributed by atoms with Gasteiger partial charge in [-0.05, 0) is 50.7 Å². The highest BCUT2D eigenvalue weighted by molar-refractivity contribution is 7.09. The second-order valence-corrected chi connectivity index (χ2v) is 14.5. The molecule has 1 aliphatic carbocycles. The Bertz CT molecular complexity index is 1040. The van der Waals surface area contributed by atoms with Crippen LogP contribution in [0.4, 0.5) is 0 Å². The highest BCUT2D eigenvalue weighted by atomic mass is 35.5. The molecule has 0 aromatic carbocycles. The fraction of sp³-hybridized carbons (Fsp3) is 0.750. The summed E-state index contributed by atoms with van der Waals surface area (Å²) < 4.78 is -0.923. The number of aliphatic hydroxyl groups is 2. The van der Waals surface area contributed by atoms with Crippen LogP contribution in [0.1, 0.15) is 84.3 Å². The van der Waals surface area contributed by atoms with Crippen molar-refractivity contribution in [1.82, 2.24) is 10.3 Å². The maximum Gasteiger partial charge on any atom is 0.223 e. The number of aromatic nitrogens is 1. The number of nitrogens with zero attached hydrogens (tertiary/aromatic N) is 1. The molecule has 6 nitrogen and oxygen atoms in total. The van der Waals surface area contributed by atoms with Crippen LogP contribution in [0.25, 0.3) is 6.08 Å². The van der Waals surface area contributed by atoms with Gasteiger partial charge in [-0.2, -0.15) is 0 Å². The van der Waals surface area contributed by atoms with Gasteiger partial charge in [0.2, 0.25) is 5.91 Å². The Morgan fingerprint density at radius 1 is 1.22 bits per heavy atom. The summed E-state index contributed by atoms with van der Waals surface area (Å²) in [6.45, 7) is 12.9. The third-order valence-electron chi connectivity index (χ3n) is 8.96. The number of hydrogen-bond donors (Lipinski definition) is 3. The summed E-state index contributed by atoms with van der Waals surface area (Å²) in [6, 6.07) is -0.350. The van der Waals surface area contributed by atoms with Crippen molar-refractivity contribution in [3.8, 4) is 0 Å². The van der Waals surface area contributed by atoms with Crippen molar-refractivity contribution >= 4 is 52.3 Å². The van der Waals surface area contributed by atoms with E-state index in [2.05, 4.69) is 17.2 Å². The number of nitrogens with one attached hydrogen (secondary N) is 1. The number of carbonyl (C=O) groups is 2. The molecule has 1 saturated heterocycles. The lowest BCUT2D eigenvalue weighted by molar-refractivity contribution is -0.143. The lowest BCUT2D eigenvalue weighted by Gasteiger charge is -2.34. The van der Waals surface area contributed by atoms with Gasteiger partial charge in [-0.1, -0.05) is 41.0 Å². The van der Waals surface area contributed by atoms with E-state index >= 15 is 0 Å². The molecule has 2 aliphatic rings. The number of aryl methyl sites for hydroxylation is 1. The van der Waals surface area contributed by atoms with E-state index < -0.39 is 27.9 Å². The van der Waals surface area contributed by atoms with Crippen molar-refractivity contribution < 1.29 is 19.8 Å². The summed E-state index contributed by atoms with van der Waals surface area (Å²) in [5.41, 5.74) is 0.231. The number of hydrogen-bond acceptors (Lipinski definition) is 6. The minimum absolute atomic E-state index is 0.0378. The smallest absolute Gasteiger partial charge is 0.223 e. The van der Waals surface area contributed by atoms with Gasteiger partial charge < -0.3 is 15.5 Å². The van der Waals surface area contributed by atoms with Gasteiger partial charge in [0.25, 0.3) is 0 Å². The average Bonchev–Trinajstić information content (AvgIpc) is 3.06. The van der Waals surface area contributed by atoms with Crippen LogP contribution in [0.5, 0.6) is 0 Å². The molecule has 0 radical (unpaired) electrons. The summed E-state index contributed by atoms with van der Waals surface area (Å²) in [5.74, 6) is -1.42. The van der Waals surface area contributed by atoms with E-state index in [0.29, 0.717) is 6.42 Å². The molecule has 1 aromatic heterocycles. The molecule has 1 amide bonds. The summed E-state index contributed by atoms with van der Waals surface area (Å²) in [6.07, 6.45) is 2.57. The van der Waals surface area contributed by atoms with Gasteiger partial charge in [-0.15, -0.1) is 34.5 Å². The predicted molar refractivity (Wildman–Crippen MR) is 151 cm³/mol. The van der Waals surface area contributed by atoms with E-state index in [4.69, 9.17) is 23.2 Å². The van der Waals surface area contributed by atoms with E-state index in [9.17, 15) is 19.8 Å². The molecule has 3 rings (SSSR count). The number of halogens is 2. The van der Waals surface area contributed by atoms with Gasteiger partial charge >= 0.3 is 0 Å². The van der Waals surface area contributed by atoms with E-state index in [0.717, 1.165) is 35.5 Å². The predicted octanol–water partition coefficient (Wildman–Crippen LogP) is 5.70. The highest BCUT2D eigenvalue weighted by Crippen LogP contribution is 2.72. The van der Waals surface area contributed by atoms with Crippen molar-refractivity contribution in [1.29, 1.82) is 0 Å². The van der Waals surface area contributed by atoms with Crippen LogP contribution in [0.2, 0.25) is 0 Å². The van der Waals surface area contributed by atoms with E-state index in [1.807, 2.05) is 32.2 Å². The first-order valence-corrected chi connectivity index (χ1v) is 14.8. The second-order valence-electron chi connectivity index (χ2n) is 12.1. The third kappa shape index (κ3) is 6.27. The largest absolute Gasteiger partial charge is 0.392 e. The Morgan fingerprint density at radius 2 is 1.86 bits per heavy atom. The van der Waals surface area contributed by atoms with Gasteiger partial charge in [-0.25, -0.2) is 4.98 Å². The maximum atomic E-state index is 13.3. The number of carbonyl (C=O) groups excluding carboxylic acids is 2. The van der Waals surface area contributed by atoms with Crippen molar-refractivity contribution in [2.45, 2.75) is 103 Å². The Balaban J connectivity index is 1.93. The van der Waals surface area contributed by atoms with Crippen molar-refractivity contribution in [2.24, 2.45) is 28.6 Å². The number of amides is 1. The molecule has 208 valence electrons. The number of aliphatic hydroxyl groups excluding tert-OH is 2. The molecule has 9 heteroatoms. The minimum atomic E-state index is -1.20. The van der Waals surface area contributed by atoms with Gasteiger partial charge in [0.15, 0.2) is 0 Å². The highest BCUT2D eigenvalue weighted by Gasteiger charge is 2.72. The van der Waals surface area contributed by atoms with Crippen LogP contribution in [0.15, 0.2) is 11.0 Å². The van der Waals surface area contributed by atoms with Crippen LogP contribution >= 0.6 is 34.5 Å². The first-order chi connectivity index (χ1) is 17.0. The molecular weight excluding hydrogens is 531 g/mol. The molecule has 37 heavy (non-hydrogen) atoms. The van der Waals surface area contributed by atoms with Gasteiger partial charge in [0, 0.05) is 22.6 Å². The van der Waals surface area contributed by atoms with Crippen LogP contribution in [0, 0.1) is 35.5 Å². The lowest BCUT2D eigenvalue weighted by Crippen LogP contribution is -2.47. The van der Waals surface area contributed by atoms with Crippen molar-refractivity contribution in [3.05, 3.63) is 21.7 Å². The number of alkyl halides is 2. The first-order valence-electron chi connectivity index (χ1n) is 13.2. The summed E-state index contributed by atoms with van der Waals surface area (Å²) in [4.78, 5) is 31.0. The summed E-state index contributed by atoms with van der Waals surface area (Å²) in [5, 5.41) is 27.9. The molecule has 1 aromatic rings. The minimum Gasteiger partial charge on any atom is -0.392 e. The number of rotatable bonds is 2. The van der Waals surface area contributed by atoms with E-state index in [-0.39, 0.29) is 41.4 Å². The number of Topliss-reactive ketones (excluding diaryl/α,β-unsaturated/α-hetero) is 1. The molecule has 1 aliphatic heterocycles. The molecule has 0 bridgehead atoms. The lowest BCUT2D eigenvalue weighted by atomic mass is 9.72. The van der Waals surface area contributed by atoms with Gasteiger partial charge in [-0.3, -0.25) is 9.59 Å². The van der Waals surface area contributed by atoms with Crippen LogP contribution in [-0.2, 0) is 9.59 Å². The van der Waals surface area contributed by atoms with Crippen molar-refractivity contribution in [3.63, 3.8) is 0 Å². The normalized spacial score (nSPS) is 37.5. The van der Waals surface area contributed by atoms with Crippen molar-refractivity contribution in [2.75, 3.05) is 0 Å². The Labute approximate surface area is 235 Å². The van der Waals surface area contributed by atoms with Gasteiger partial charge in [0.05, 0.1) is 40.8 Å². The van der Waals surface area contributed by atoms with Crippen LogP contribution < -0.4 is 5.32 Å². The SMILES string of the molecule is CC(=Cc1csc(C)n1)C1C[C@@H]2C(Cl)(Cl)C2(C)CCCC(C)C(O)C(C)C(=O)C(C)(C)C(O)CC(=O)N1. The quantitative estimate of drug-likeness (QED) is 0.394. The first kappa shape index (κ1) is 30.6. The molecule has 6 unspecified atom stereocenters. The third-order valence-corrected chi connectivity index (χ3v) is 11.1. The molecule has 3 N–H and O–H groups in total. The fourth-order valence-electron chi connectivity index (χ4n) is 5.84. The van der Waals surface area contributed by atoms with Crippen LogP contribution in [-0.4, -0.2) is 49.5 Å². The van der Waals surface area contributed by atoms with E-state index in [1.54, 1.807) is 32.1 Å². The van der Waals surface area contributed by atoms with E-state index in [1.165, 1.54) is 0 Å². The monoisotopic (exact) mass is 572 g/mol. The molecule has 2 heterocycles. The van der Waals surface area contributed by atoms with Crippen LogP contribution in [0.3, 0.4) is 0 Å². The fourth-order valence-corrected chi connectivity index (χ4v) is 7.42. The second kappa shape index (κ2) is 11.2. The Morgan fingerprint density at radius 3 is 2.46 bits per heavy atom. The Hall–Kier alpha value is -0.990.